The molecular formula is C18H17Cl2NO2. The van der Waals surface area contributed by atoms with Gasteiger partial charge in [0.05, 0.1) is 23.2 Å². The van der Waals surface area contributed by atoms with Crippen LogP contribution in [-0.4, -0.2) is 30.0 Å². The van der Waals surface area contributed by atoms with Crippen LogP contribution in [0.4, 0.5) is 0 Å². The second kappa shape index (κ2) is 6.91. The Morgan fingerprint density at radius 2 is 1.87 bits per heavy atom. The first-order valence-corrected chi connectivity index (χ1v) is 8.25. The number of ether oxygens (including phenoxy) is 1. The summed E-state index contributed by atoms with van der Waals surface area (Å²) in [6, 6.07) is 14.9. The van der Waals surface area contributed by atoms with Crippen LogP contribution in [0.3, 0.4) is 0 Å². The normalized spacial score (nSPS) is 21.3. The van der Waals surface area contributed by atoms with Crippen molar-refractivity contribution in [3.63, 3.8) is 0 Å². The van der Waals surface area contributed by atoms with Gasteiger partial charge >= 0.3 is 0 Å². The lowest BCUT2D eigenvalue weighted by molar-refractivity contribution is -0.0691. The molecule has 120 valence electrons. The topological polar surface area (TPSA) is 29.5 Å². The van der Waals surface area contributed by atoms with Crippen molar-refractivity contribution in [1.82, 2.24) is 4.90 Å². The van der Waals surface area contributed by atoms with Crippen molar-refractivity contribution in [2.45, 2.75) is 19.1 Å². The Morgan fingerprint density at radius 1 is 1.13 bits per heavy atom. The van der Waals surface area contributed by atoms with E-state index in [2.05, 4.69) is 0 Å². The number of hydrogen-bond donors (Lipinski definition) is 0. The van der Waals surface area contributed by atoms with Gasteiger partial charge in [-0.3, -0.25) is 4.79 Å². The highest BCUT2D eigenvalue weighted by Crippen LogP contribution is 2.28. The van der Waals surface area contributed by atoms with E-state index in [1.54, 1.807) is 23.1 Å². The van der Waals surface area contributed by atoms with Gasteiger partial charge in [0.2, 0.25) is 0 Å². The lowest BCUT2D eigenvalue weighted by Gasteiger charge is -2.37. The van der Waals surface area contributed by atoms with Crippen LogP contribution in [0, 0.1) is 0 Å². The molecule has 0 spiro atoms. The minimum atomic E-state index is -0.130. The maximum atomic E-state index is 12.8. The van der Waals surface area contributed by atoms with Gasteiger partial charge < -0.3 is 9.64 Å². The summed E-state index contributed by atoms with van der Waals surface area (Å²) in [7, 11) is 0. The maximum Gasteiger partial charge on any atom is 0.255 e. The third-order valence-corrected chi connectivity index (χ3v) is 4.43. The summed E-state index contributed by atoms with van der Waals surface area (Å²) >= 11 is 12.1. The standard InChI is InChI=1S/C18H17Cl2NO2/c1-12-10-21(11-17(23-12)13-5-3-2-4-6-13)18(22)15-8-7-14(19)9-16(15)20/h2-9,12,17H,10-11H2,1H3. The molecule has 3 rings (SSSR count). The first kappa shape index (κ1) is 16.3. The fourth-order valence-corrected chi connectivity index (χ4v) is 3.29. The van der Waals surface area contributed by atoms with E-state index in [1.807, 2.05) is 37.3 Å². The molecule has 0 N–H and O–H groups in total. The van der Waals surface area contributed by atoms with Crippen molar-refractivity contribution in [2.24, 2.45) is 0 Å². The van der Waals surface area contributed by atoms with Gasteiger partial charge in [-0.1, -0.05) is 53.5 Å². The zero-order chi connectivity index (χ0) is 16.4. The van der Waals surface area contributed by atoms with Crippen LogP contribution in [-0.2, 0) is 4.74 Å². The molecule has 0 radical (unpaired) electrons. The van der Waals surface area contributed by atoms with E-state index in [0.29, 0.717) is 28.7 Å². The summed E-state index contributed by atoms with van der Waals surface area (Å²) in [5, 5.41) is 0.891. The number of morpholine rings is 1. The van der Waals surface area contributed by atoms with Gasteiger partial charge in [0, 0.05) is 11.6 Å². The van der Waals surface area contributed by atoms with E-state index in [-0.39, 0.29) is 18.1 Å². The van der Waals surface area contributed by atoms with E-state index in [0.717, 1.165) is 5.56 Å². The Hall–Kier alpha value is -1.55. The number of amides is 1. The van der Waals surface area contributed by atoms with Crippen LogP contribution in [0.25, 0.3) is 0 Å². The average molecular weight is 350 g/mol. The van der Waals surface area contributed by atoms with Gasteiger partial charge in [-0.2, -0.15) is 0 Å². The second-order valence-electron chi connectivity index (χ2n) is 5.68. The predicted octanol–water partition coefficient (Wildman–Crippen LogP) is 4.60. The molecule has 1 amide bonds. The summed E-state index contributed by atoms with van der Waals surface area (Å²) < 4.78 is 5.99. The van der Waals surface area contributed by atoms with Crippen molar-refractivity contribution in [1.29, 1.82) is 0 Å². The molecule has 1 saturated heterocycles. The SMILES string of the molecule is CC1CN(C(=O)c2ccc(Cl)cc2Cl)CC(c2ccccc2)O1. The molecule has 23 heavy (non-hydrogen) atoms. The van der Waals surface area contributed by atoms with Gasteiger partial charge in [0.1, 0.15) is 6.10 Å². The van der Waals surface area contributed by atoms with E-state index in [1.165, 1.54) is 0 Å². The van der Waals surface area contributed by atoms with Crippen LogP contribution in [0.1, 0.15) is 28.9 Å². The number of benzene rings is 2. The fraction of sp³-hybridized carbons (Fsp3) is 0.278. The molecule has 2 atom stereocenters. The molecule has 2 unspecified atom stereocenters. The van der Waals surface area contributed by atoms with Crippen molar-refractivity contribution >= 4 is 29.1 Å². The molecule has 0 bridgehead atoms. The number of rotatable bonds is 2. The van der Waals surface area contributed by atoms with E-state index >= 15 is 0 Å². The van der Waals surface area contributed by atoms with Crippen LogP contribution in [0.5, 0.6) is 0 Å². The van der Waals surface area contributed by atoms with Crippen LogP contribution < -0.4 is 0 Å². The van der Waals surface area contributed by atoms with Gasteiger partial charge in [0.15, 0.2) is 0 Å². The second-order valence-corrected chi connectivity index (χ2v) is 6.52. The quantitative estimate of drug-likeness (QED) is 0.793. The average Bonchev–Trinajstić information content (AvgIpc) is 2.54. The lowest BCUT2D eigenvalue weighted by Crippen LogP contribution is -2.46. The van der Waals surface area contributed by atoms with Crippen molar-refractivity contribution in [3.05, 3.63) is 69.7 Å². The molecule has 0 aliphatic carbocycles. The Morgan fingerprint density at radius 3 is 2.57 bits per heavy atom. The molecule has 1 fully saturated rings. The Kier molecular flexibility index (Phi) is 4.90. The smallest absolute Gasteiger partial charge is 0.255 e. The zero-order valence-corrected chi connectivity index (χ0v) is 14.2. The van der Waals surface area contributed by atoms with Crippen LogP contribution >= 0.6 is 23.2 Å². The monoisotopic (exact) mass is 349 g/mol. The van der Waals surface area contributed by atoms with Gasteiger partial charge in [-0.05, 0) is 30.7 Å². The predicted molar refractivity (Wildman–Crippen MR) is 92.1 cm³/mol. The third kappa shape index (κ3) is 3.69. The minimum Gasteiger partial charge on any atom is -0.367 e. The molecule has 0 aromatic heterocycles. The van der Waals surface area contributed by atoms with Crippen LogP contribution in [0.15, 0.2) is 48.5 Å². The summed E-state index contributed by atoms with van der Waals surface area (Å²) in [5.74, 6) is -0.0947. The Balaban J connectivity index is 1.83. The summed E-state index contributed by atoms with van der Waals surface area (Å²) in [4.78, 5) is 14.6. The lowest BCUT2D eigenvalue weighted by atomic mass is 10.1. The van der Waals surface area contributed by atoms with Gasteiger partial charge in [-0.15, -0.1) is 0 Å². The summed E-state index contributed by atoms with van der Waals surface area (Å²) in [6.45, 7) is 3.02. The minimum absolute atomic E-state index is 0.0380. The first-order valence-electron chi connectivity index (χ1n) is 7.49. The van der Waals surface area contributed by atoms with E-state index in [9.17, 15) is 4.79 Å². The molecule has 1 aliphatic heterocycles. The Bertz CT molecular complexity index is 705. The fourth-order valence-electron chi connectivity index (χ4n) is 2.80. The van der Waals surface area contributed by atoms with E-state index in [4.69, 9.17) is 27.9 Å². The molecule has 1 heterocycles. The highest BCUT2D eigenvalue weighted by molar-refractivity contribution is 6.36. The third-order valence-electron chi connectivity index (χ3n) is 3.88. The van der Waals surface area contributed by atoms with Crippen molar-refractivity contribution in [2.75, 3.05) is 13.1 Å². The van der Waals surface area contributed by atoms with Gasteiger partial charge in [0.25, 0.3) is 5.91 Å². The summed E-state index contributed by atoms with van der Waals surface area (Å²) in [5.41, 5.74) is 1.54. The number of nitrogens with zero attached hydrogens (tertiary/aromatic N) is 1. The highest BCUT2D eigenvalue weighted by atomic mass is 35.5. The maximum absolute atomic E-state index is 12.8. The molecule has 3 nitrogen and oxygen atoms in total. The number of carbonyl (C=O) groups excluding carboxylic acids is 1. The highest BCUT2D eigenvalue weighted by Gasteiger charge is 2.30. The van der Waals surface area contributed by atoms with Gasteiger partial charge in [-0.25, -0.2) is 0 Å². The molecule has 5 heteroatoms. The van der Waals surface area contributed by atoms with E-state index < -0.39 is 0 Å². The van der Waals surface area contributed by atoms with Crippen molar-refractivity contribution in [3.8, 4) is 0 Å². The first-order chi connectivity index (χ1) is 11.0. The summed E-state index contributed by atoms with van der Waals surface area (Å²) in [6.07, 6.45) is -0.168. The number of halogens is 2. The number of carbonyl (C=O) groups is 1. The number of hydrogen-bond acceptors (Lipinski definition) is 2. The largest absolute Gasteiger partial charge is 0.367 e. The molecule has 2 aromatic carbocycles. The van der Waals surface area contributed by atoms with Crippen LogP contribution in [0.2, 0.25) is 10.0 Å². The molecule has 0 saturated carbocycles. The molecular weight excluding hydrogens is 333 g/mol. The van der Waals surface area contributed by atoms with Crippen molar-refractivity contribution < 1.29 is 9.53 Å². The Labute approximate surface area is 145 Å². The molecule has 1 aliphatic rings. The zero-order valence-electron chi connectivity index (χ0n) is 12.7. The molecule has 2 aromatic rings.